The van der Waals surface area contributed by atoms with E-state index in [-0.39, 0.29) is 18.6 Å². The van der Waals surface area contributed by atoms with Crippen LogP contribution in [-0.4, -0.2) is 63.4 Å². The van der Waals surface area contributed by atoms with Crippen molar-refractivity contribution in [3.8, 4) is 0 Å². The van der Waals surface area contributed by atoms with E-state index in [0.717, 1.165) is 5.75 Å². The number of hydrogen-bond donors (Lipinski definition) is 3. The molecule has 0 saturated carbocycles. The highest BCUT2D eigenvalue weighted by Gasteiger charge is 2.29. The van der Waals surface area contributed by atoms with Crippen molar-refractivity contribution >= 4 is 23.8 Å². The van der Waals surface area contributed by atoms with Crippen molar-refractivity contribution in [1.82, 2.24) is 10.2 Å². The van der Waals surface area contributed by atoms with Gasteiger partial charge in [-0.1, -0.05) is 6.92 Å². The lowest BCUT2D eigenvalue weighted by atomic mass is 10.2. The predicted octanol–water partition coefficient (Wildman–Crippen LogP) is -0.0327. The van der Waals surface area contributed by atoms with Crippen molar-refractivity contribution in [2.45, 2.75) is 31.2 Å². The number of aliphatic hydroxyl groups excluding tert-OH is 1. The Morgan fingerprint density at radius 1 is 1.53 bits per heavy atom. The summed E-state index contributed by atoms with van der Waals surface area (Å²) in [4.78, 5) is 23.8. The number of carboxylic acid groups (broad SMARTS) is 1. The Bertz CT molecular complexity index is 300. The molecule has 6 nitrogen and oxygen atoms in total. The maximum atomic E-state index is 11.8. The van der Waals surface area contributed by atoms with E-state index in [1.54, 1.807) is 4.90 Å². The van der Waals surface area contributed by atoms with Crippen molar-refractivity contribution in [3.63, 3.8) is 0 Å². The lowest BCUT2D eigenvalue weighted by Gasteiger charge is -2.37. The van der Waals surface area contributed by atoms with Gasteiger partial charge in [0.2, 0.25) is 0 Å². The molecule has 1 rings (SSSR count). The van der Waals surface area contributed by atoms with E-state index >= 15 is 0 Å². The van der Waals surface area contributed by atoms with Crippen molar-refractivity contribution in [3.05, 3.63) is 0 Å². The van der Waals surface area contributed by atoms with E-state index in [4.69, 9.17) is 10.2 Å². The van der Waals surface area contributed by atoms with E-state index < -0.39 is 12.1 Å². The van der Waals surface area contributed by atoms with Crippen molar-refractivity contribution < 1.29 is 19.8 Å². The summed E-state index contributed by atoms with van der Waals surface area (Å²) < 4.78 is 0. The van der Waals surface area contributed by atoms with Gasteiger partial charge >= 0.3 is 12.0 Å². The summed E-state index contributed by atoms with van der Waals surface area (Å²) >= 11 is 1.81. The molecule has 1 saturated heterocycles. The van der Waals surface area contributed by atoms with E-state index in [1.807, 2.05) is 18.7 Å². The summed E-state index contributed by atoms with van der Waals surface area (Å²) in [6.07, 6.45) is -1.55. The van der Waals surface area contributed by atoms with Crippen LogP contribution >= 0.6 is 11.8 Å². The zero-order valence-corrected chi connectivity index (χ0v) is 10.7. The summed E-state index contributed by atoms with van der Waals surface area (Å²) in [6, 6.07) is -0.208. The predicted molar refractivity (Wildman–Crippen MR) is 65.1 cm³/mol. The molecule has 0 radical (unpaired) electrons. The zero-order valence-electron chi connectivity index (χ0n) is 9.92. The van der Waals surface area contributed by atoms with Gasteiger partial charge in [-0.15, -0.1) is 0 Å². The van der Waals surface area contributed by atoms with Gasteiger partial charge in [-0.2, -0.15) is 11.8 Å². The van der Waals surface area contributed by atoms with E-state index in [0.29, 0.717) is 11.8 Å². The fourth-order valence-corrected chi connectivity index (χ4v) is 2.69. The lowest BCUT2D eigenvalue weighted by molar-refractivity contribution is -0.146. The second-order valence-electron chi connectivity index (χ2n) is 4.05. The third kappa shape index (κ3) is 3.78. The van der Waals surface area contributed by atoms with Crippen LogP contribution in [0.15, 0.2) is 0 Å². The zero-order chi connectivity index (χ0) is 13.0. The van der Waals surface area contributed by atoms with Gasteiger partial charge in [0, 0.05) is 23.6 Å². The van der Waals surface area contributed by atoms with Crippen LogP contribution < -0.4 is 5.32 Å². The second-order valence-corrected chi connectivity index (χ2v) is 5.54. The summed E-state index contributed by atoms with van der Waals surface area (Å²) in [5, 5.41) is 20.3. The Kier molecular flexibility index (Phi) is 5.07. The minimum atomic E-state index is -1.55. The van der Waals surface area contributed by atoms with Gasteiger partial charge < -0.3 is 20.4 Å². The minimum Gasteiger partial charge on any atom is -0.479 e. The molecule has 2 unspecified atom stereocenters. The molecule has 17 heavy (non-hydrogen) atoms. The molecule has 3 atom stereocenters. The third-order valence-electron chi connectivity index (χ3n) is 2.88. The van der Waals surface area contributed by atoms with Crippen LogP contribution in [0.5, 0.6) is 0 Å². The molecular weight excluding hydrogens is 244 g/mol. The molecule has 1 fully saturated rings. The molecule has 1 aliphatic heterocycles. The summed E-state index contributed by atoms with van der Waals surface area (Å²) in [5.41, 5.74) is 0. The van der Waals surface area contributed by atoms with Gasteiger partial charge in [0.15, 0.2) is 6.10 Å². The largest absolute Gasteiger partial charge is 0.479 e. The number of nitrogens with one attached hydrogen (secondary N) is 1. The molecule has 0 aromatic carbocycles. The number of hydrogen-bond acceptors (Lipinski definition) is 4. The fourth-order valence-electron chi connectivity index (χ4n) is 1.59. The first kappa shape index (κ1) is 14.1. The number of rotatable bonds is 3. The Hall–Kier alpha value is -0.950. The number of amides is 2. The van der Waals surface area contributed by atoms with Gasteiger partial charge in [-0.3, -0.25) is 0 Å². The van der Waals surface area contributed by atoms with Gasteiger partial charge in [0.25, 0.3) is 0 Å². The second kappa shape index (κ2) is 6.11. The molecule has 7 heteroatoms. The van der Waals surface area contributed by atoms with Gasteiger partial charge in [-0.25, -0.2) is 9.59 Å². The number of urea groups is 1. The van der Waals surface area contributed by atoms with Crippen LogP contribution in [0, 0.1) is 0 Å². The van der Waals surface area contributed by atoms with E-state index in [2.05, 4.69) is 12.2 Å². The highest BCUT2D eigenvalue weighted by molar-refractivity contribution is 8.00. The number of thioether (sulfide) groups is 1. The number of aliphatic carboxylic acids is 1. The Balaban J connectivity index is 2.44. The first-order valence-corrected chi connectivity index (χ1v) is 6.55. The normalized spacial score (nSPS) is 26.4. The maximum Gasteiger partial charge on any atom is 0.334 e. The summed E-state index contributed by atoms with van der Waals surface area (Å²) in [5.74, 6) is -0.457. The maximum absolute atomic E-state index is 11.8. The van der Waals surface area contributed by atoms with Crippen LogP contribution in [0.4, 0.5) is 4.79 Å². The number of nitrogens with zero attached hydrogens (tertiary/aromatic N) is 1. The minimum absolute atomic E-state index is 0.107. The Labute approximate surface area is 104 Å². The molecule has 3 N–H and O–H groups in total. The molecular formula is C10H18N2O4S. The number of aliphatic hydroxyl groups is 1. The van der Waals surface area contributed by atoms with Crippen LogP contribution in [-0.2, 0) is 4.79 Å². The van der Waals surface area contributed by atoms with Crippen molar-refractivity contribution in [1.29, 1.82) is 0 Å². The highest BCUT2D eigenvalue weighted by atomic mass is 32.2. The highest BCUT2D eigenvalue weighted by Crippen LogP contribution is 2.23. The standard InChI is InChI=1S/C10H18N2O4S/c1-6-7(2)17-4-3-12(6)10(16)11-5-8(13)9(14)15/h6-8,13H,3-5H2,1-2H3,(H,11,16)(H,14,15)/t6?,7?,8-/m0/s1. The lowest BCUT2D eigenvalue weighted by Crippen LogP contribution is -2.53. The van der Waals surface area contributed by atoms with Gasteiger partial charge in [-0.05, 0) is 6.92 Å². The average Bonchev–Trinajstić information content (AvgIpc) is 2.29. The molecule has 2 amide bonds. The fraction of sp³-hybridized carbons (Fsp3) is 0.800. The monoisotopic (exact) mass is 262 g/mol. The average molecular weight is 262 g/mol. The van der Waals surface area contributed by atoms with E-state index in [9.17, 15) is 9.59 Å². The smallest absolute Gasteiger partial charge is 0.334 e. The van der Waals surface area contributed by atoms with Crippen LogP contribution in [0.3, 0.4) is 0 Å². The van der Waals surface area contributed by atoms with Gasteiger partial charge in [0.1, 0.15) is 0 Å². The quantitative estimate of drug-likeness (QED) is 0.664. The topological polar surface area (TPSA) is 89.9 Å². The third-order valence-corrected chi connectivity index (χ3v) is 4.21. The number of carbonyl (C=O) groups excluding carboxylic acids is 1. The summed E-state index contributed by atoms with van der Waals surface area (Å²) in [7, 11) is 0. The molecule has 0 bridgehead atoms. The molecule has 1 aliphatic rings. The molecule has 98 valence electrons. The Morgan fingerprint density at radius 2 is 2.18 bits per heavy atom. The molecule has 1 heterocycles. The van der Waals surface area contributed by atoms with Crippen molar-refractivity contribution in [2.75, 3.05) is 18.8 Å². The first-order chi connectivity index (χ1) is 7.93. The molecule has 0 aromatic heterocycles. The molecule has 0 aromatic rings. The number of carboxylic acids is 1. The van der Waals surface area contributed by atoms with Crippen LogP contribution in [0.2, 0.25) is 0 Å². The van der Waals surface area contributed by atoms with Gasteiger partial charge in [0.05, 0.1) is 6.54 Å². The molecule has 0 spiro atoms. The number of carbonyl (C=O) groups is 2. The summed E-state index contributed by atoms with van der Waals surface area (Å²) in [6.45, 7) is 4.40. The first-order valence-electron chi connectivity index (χ1n) is 5.50. The van der Waals surface area contributed by atoms with Crippen LogP contribution in [0.25, 0.3) is 0 Å². The molecule has 0 aliphatic carbocycles. The van der Waals surface area contributed by atoms with Crippen molar-refractivity contribution in [2.24, 2.45) is 0 Å². The SMILES string of the molecule is CC1SCCN(C(=O)NC[C@H](O)C(=O)O)C1C. The van der Waals surface area contributed by atoms with Crippen LogP contribution in [0.1, 0.15) is 13.8 Å². The Morgan fingerprint density at radius 3 is 2.76 bits per heavy atom. The van der Waals surface area contributed by atoms with E-state index in [1.165, 1.54) is 0 Å².